The molecule has 0 spiro atoms. The van der Waals surface area contributed by atoms with E-state index in [0.717, 1.165) is 12.8 Å². The summed E-state index contributed by atoms with van der Waals surface area (Å²) in [5.41, 5.74) is 0. The Labute approximate surface area is 112 Å². The number of piperidine rings is 1. The maximum Gasteiger partial charge on any atom is 0.276 e. The Morgan fingerprint density at radius 2 is 2.16 bits per heavy atom. The van der Waals surface area contributed by atoms with Crippen LogP contribution in [0.15, 0.2) is 24.3 Å². The molecule has 0 aromatic heterocycles. The first-order chi connectivity index (χ1) is 8.97. The number of nitrogens with two attached hydrogens (primary N) is 1. The van der Waals surface area contributed by atoms with Crippen molar-refractivity contribution in [2.24, 2.45) is 11.1 Å². The summed E-state index contributed by atoms with van der Waals surface area (Å²) in [5, 5.41) is 5.10. The number of ether oxygens (including phenoxy) is 1. The molecule has 1 aliphatic rings. The molecular weight excluding hydrogens is 271 g/mol. The summed E-state index contributed by atoms with van der Waals surface area (Å²) in [5.74, 6) is -0.191. The van der Waals surface area contributed by atoms with Gasteiger partial charge in [0.25, 0.3) is 10.2 Å². The summed E-state index contributed by atoms with van der Waals surface area (Å²) in [4.78, 5) is 0. The summed E-state index contributed by atoms with van der Waals surface area (Å²) in [6.45, 7) is 1.05. The van der Waals surface area contributed by atoms with Crippen LogP contribution in [0.5, 0.6) is 5.75 Å². The van der Waals surface area contributed by atoms with Crippen molar-refractivity contribution in [2.75, 3.05) is 19.7 Å². The number of benzene rings is 1. The standard InChI is InChI=1S/C12H17FN2O3S/c13-11-5-1-2-6-12(11)18-9-10-4-3-7-15(8-10)19(14,16)17/h1-2,5-6,10H,3-4,7-9H2,(H2,14,16,17)/t10-/m0/s1. The third-order valence-corrected chi connectivity index (χ3v) is 4.20. The number of rotatable bonds is 4. The van der Waals surface area contributed by atoms with Gasteiger partial charge in [0.15, 0.2) is 11.6 Å². The van der Waals surface area contributed by atoms with E-state index in [1.807, 2.05) is 0 Å². The average Bonchev–Trinajstić information content (AvgIpc) is 2.37. The molecule has 1 aromatic rings. The second-order valence-electron chi connectivity index (χ2n) is 4.65. The Hall–Kier alpha value is -1.18. The van der Waals surface area contributed by atoms with Crippen molar-refractivity contribution in [1.82, 2.24) is 4.31 Å². The molecule has 19 heavy (non-hydrogen) atoms. The van der Waals surface area contributed by atoms with Gasteiger partial charge in [0.2, 0.25) is 0 Å². The van der Waals surface area contributed by atoms with Gasteiger partial charge in [-0.05, 0) is 25.0 Å². The monoisotopic (exact) mass is 288 g/mol. The van der Waals surface area contributed by atoms with E-state index >= 15 is 0 Å². The van der Waals surface area contributed by atoms with E-state index in [0.29, 0.717) is 13.1 Å². The van der Waals surface area contributed by atoms with Crippen LogP contribution in [-0.2, 0) is 10.2 Å². The van der Waals surface area contributed by atoms with Crippen LogP contribution in [0.3, 0.4) is 0 Å². The first-order valence-electron chi connectivity index (χ1n) is 6.12. The molecule has 0 radical (unpaired) electrons. The van der Waals surface area contributed by atoms with E-state index < -0.39 is 16.0 Å². The van der Waals surface area contributed by atoms with Crippen LogP contribution in [0, 0.1) is 11.7 Å². The minimum absolute atomic E-state index is 0.0340. The Bertz CT molecular complexity index is 536. The fraction of sp³-hybridized carbons (Fsp3) is 0.500. The predicted molar refractivity (Wildman–Crippen MR) is 69.3 cm³/mol. The molecule has 1 aromatic carbocycles. The molecule has 7 heteroatoms. The smallest absolute Gasteiger partial charge is 0.276 e. The minimum atomic E-state index is -3.65. The normalized spacial score (nSPS) is 21.3. The van der Waals surface area contributed by atoms with Gasteiger partial charge in [-0.2, -0.15) is 12.7 Å². The van der Waals surface area contributed by atoms with Crippen LogP contribution in [0.25, 0.3) is 0 Å². The summed E-state index contributed by atoms with van der Waals surface area (Å²) in [6, 6.07) is 6.16. The van der Waals surface area contributed by atoms with Gasteiger partial charge in [-0.3, -0.25) is 0 Å². The Kier molecular flexibility index (Phi) is 4.38. The zero-order valence-electron chi connectivity index (χ0n) is 10.5. The van der Waals surface area contributed by atoms with Gasteiger partial charge in [0.05, 0.1) is 6.61 Å². The lowest BCUT2D eigenvalue weighted by Crippen LogP contribution is -2.44. The predicted octanol–water partition coefficient (Wildman–Crippen LogP) is 1.12. The van der Waals surface area contributed by atoms with Gasteiger partial charge < -0.3 is 4.74 Å². The van der Waals surface area contributed by atoms with Gasteiger partial charge in [-0.15, -0.1) is 0 Å². The highest BCUT2D eigenvalue weighted by atomic mass is 32.2. The number of nitrogens with zero attached hydrogens (tertiary/aromatic N) is 1. The molecule has 0 aliphatic carbocycles. The quantitative estimate of drug-likeness (QED) is 0.902. The molecule has 1 aliphatic heterocycles. The fourth-order valence-corrected chi connectivity index (χ4v) is 2.97. The zero-order valence-corrected chi connectivity index (χ0v) is 11.3. The SMILES string of the molecule is NS(=O)(=O)N1CCC[C@H](COc2ccccc2F)C1. The fourth-order valence-electron chi connectivity index (χ4n) is 2.16. The van der Waals surface area contributed by atoms with Crippen molar-refractivity contribution in [1.29, 1.82) is 0 Å². The lowest BCUT2D eigenvalue weighted by atomic mass is 10.0. The number of hydrogen-bond acceptors (Lipinski definition) is 3. The molecule has 0 amide bonds. The molecule has 106 valence electrons. The lowest BCUT2D eigenvalue weighted by molar-refractivity contribution is 0.176. The lowest BCUT2D eigenvalue weighted by Gasteiger charge is -2.30. The number of hydrogen-bond donors (Lipinski definition) is 1. The molecule has 1 atom stereocenters. The maximum atomic E-state index is 13.4. The van der Waals surface area contributed by atoms with Crippen molar-refractivity contribution in [3.63, 3.8) is 0 Å². The van der Waals surface area contributed by atoms with Gasteiger partial charge in [-0.25, -0.2) is 9.53 Å². The first kappa shape index (κ1) is 14.2. The summed E-state index contributed by atoms with van der Waals surface area (Å²) >= 11 is 0. The van der Waals surface area contributed by atoms with Gasteiger partial charge in [-0.1, -0.05) is 12.1 Å². The highest BCUT2D eigenvalue weighted by molar-refractivity contribution is 7.86. The van der Waals surface area contributed by atoms with Crippen molar-refractivity contribution >= 4 is 10.2 Å². The van der Waals surface area contributed by atoms with E-state index in [9.17, 15) is 12.8 Å². The van der Waals surface area contributed by atoms with E-state index in [-0.39, 0.29) is 18.3 Å². The zero-order chi connectivity index (χ0) is 13.9. The molecule has 1 fully saturated rings. The Morgan fingerprint density at radius 1 is 1.42 bits per heavy atom. The van der Waals surface area contributed by atoms with Crippen LogP contribution in [0.1, 0.15) is 12.8 Å². The van der Waals surface area contributed by atoms with Gasteiger partial charge >= 0.3 is 0 Å². The van der Waals surface area contributed by atoms with Crippen molar-refractivity contribution < 1.29 is 17.5 Å². The third kappa shape index (κ3) is 3.89. The van der Waals surface area contributed by atoms with Gasteiger partial charge in [0.1, 0.15) is 0 Å². The molecule has 0 saturated carbocycles. The average molecular weight is 288 g/mol. The van der Waals surface area contributed by atoms with Crippen LogP contribution in [-0.4, -0.2) is 32.4 Å². The van der Waals surface area contributed by atoms with Gasteiger partial charge in [0, 0.05) is 19.0 Å². The van der Waals surface area contributed by atoms with Crippen molar-refractivity contribution in [3.8, 4) is 5.75 Å². The van der Waals surface area contributed by atoms with Crippen LogP contribution >= 0.6 is 0 Å². The largest absolute Gasteiger partial charge is 0.490 e. The van der Waals surface area contributed by atoms with E-state index in [1.54, 1.807) is 18.2 Å². The highest BCUT2D eigenvalue weighted by Gasteiger charge is 2.26. The highest BCUT2D eigenvalue weighted by Crippen LogP contribution is 2.21. The summed E-state index contributed by atoms with van der Waals surface area (Å²) in [6.07, 6.45) is 1.59. The summed E-state index contributed by atoms with van der Waals surface area (Å²) in [7, 11) is -3.65. The van der Waals surface area contributed by atoms with Crippen molar-refractivity contribution in [3.05, 3.63) is 30.1 Å². The molecule has 0 bridgehead atoms. The van der Waals surface area contributed by atoms with E-state index in [2.05, 4.69) is 0 Å². The third-order valence-electron chi connectivity index (χ3n) is 3.15. The Balaban J connectivity index is 1.92. The Morgan fingerprint density at radius 3 is 2.84 bits per heavy atom. The second-order valence-corrected chi connectivity index (χ2v) is 6.20. The molecule has 2 N–H and O–H groups in total. The molecule has 5 nitrogen and oxygen atoms in total. The van der Waals surface area contributed by atoms with Crippen LogP contribution < -0.4 is 9.88 Å². The maximum absolute atomic E-state index is 13.4. The van der Waals surface area contributed by atoms with Crippen LogP contribution in [0.4, 0.5) is 4.39 Å². The molecule has 0 unspecified atom stereocenters. The summed E-state index contributed by atoms with van der Waals surface area (Å²) < 4.78 is 42.5. The number of para-hydroxylation sites is 1. The minimum Gasteiger partial charge on any atom is -0.490 e. The van der Waals surface area contributed by atoms with E-state index in [1.165, 1.54) is 10.4 Å². The molecule has 1 saturated heterocycles. The van der Waals surface area contributed by atoms with Crippen LogP contribution in [0.2, 0.25) is 0 Å². The molecular formula is C12H17FN2O3S. The van der Waals surface area contributed by atoms with Crippen molar-refractivity contribution in [2.45, 2.75) is 12.8 Å². The first-order valence-corrected chi connectivity index (χ1v) is 7.62. The number of halogens is 1. The van der Waals surface area contributed by atoms with E-state index in [4.69, 9.17) is 9.88 Å². The molecule has 2 rings (SSSR count). The topological polar surface area (TPSA) is 72.6 Å². The molecule has 1 heterocycles. The second kappa shape index (κ2) is 5.85.